The minimum atomic E-state index is -4.84. The third kappa shape index (κ3) is 7.51. The van der Waals surface area contributed by atoms with Crippen LogP contribution in [0, 0.1) is 12.3 Å². The normalized spacial score (nSPS) is 17.5. The first-order valence-corrected chi connectivity index (χ1v) is 14.1. The number of aryl methyl sites for hydroxylation is 1. The summed E-state index contributed by atoms with van der Waals surface area (Å²) in [5, 5.41) is 20.9. The highest BCUT2D eigenvalue weighted by molar-refractivity contribution is 7.92. The van der Waals surface area contributed by atoms with Gasteiger partial charge < -0.3 is 25.2 Å². The number of aliphatic hydroxyl groups excluding tert-OH is 2. The van der Waals surface area contributed by atoms with E-state index in [1.54, 1.807) is 13.0 Å². The summed E-state index contributed by atoms with van der Waals surface area (Å²) in [4.78, 5) is 19.4. The van der Waals surface area contributed by atoms with Crippen molar-refractivity contribution in [1.82, 2.24) is 4.98 Å². The molecule has 2 fully saturated rings. The monoisotopic (exact) mass is 572 g/mol. The first-order valence-electron chi connectivity index (χ1n) is 12.5. The summed E-state index contributed by atoms with van der Waals surface area (Å²) in [7, 11) is -3.78. The van der Waals surface area contributed by atoms with Crippen molar-refractivity contribution in [2.45, 2.75) is 44.9 Å². The highest BCUT2D eigenvalue weighted by Gasteiger charge is 2.44. The van der Waals surface area contributed by atoms with Gasteiger partial charge in [-0.15, -0.1) is 0 Å². The molecule has 1 unspecified atom stereocenters. The van der Waals surface area contributed by atoms with Crippen LogP contribution >= 0.6 is 0 Å². The summed E-state index contributed by atoms with van der Waals surface area (Å²) in [6.45, 7) is 1.43. The lowest BCUT2D eigenvalue weighted by atomic mass is 9.93. The number of aromatic nitrogens is 1. The maximum absolute atomic E-state index is 13.4. The minimum Gasteiger partial charge on any atom is -0.474 e. The van der Waals surface area contributed by atoms with Crippen molar-refractivity contribution in [2.75, 3.05) is 47.0 Å². The molecule has 1 aliphatic carbocycles. The number of carbonyl (C=O) groups is 1. The number of rotatable bonds is 10. The summed E-state index contributed by atoms with van der Waals surface area (Å²) in [6, 6.07) is 7.39. The van der Waals surface area contributed by atoms with Gasteiger partial charge in [0.2, 0.25) is 15.9 Å². The van der Waals surface area contributed by atoms with Crippen LogP contribution in [-0.2, 0) is 10.0 Å². The molecule has 2 heterocycles. The van der Waals surface area contributed by atoms with E-state index >= 15 is 0 Å². The van der Waals surface area contributed by atoms with Gasteiger partial charge in [0.15, 0.2) is 6.10 Å². The highest BCUT2D eigenvalue weighted by atomic mass is 32.2. The van der Waals surface area contributed by atoms with Crippen LogP contribution in [0.15, 0.2) is 30.3 Å². The first kappa shape index (κ1) is 28.9. The number of amides is 1. The molecule has 4 N–H and O–H groups in total. The van der Waals surface area contributed by atoms with E-state index < -0.39 is 47.2 Å². The molecule has 2 aliphatic rings. The summed E-state index contributed by atoms with van der Waals surface area (Å²) < 4.78 is 69.6. The van der Waals surface area contributed by atoms with Crippen LogP contribution in [0.5, 0.6) is 5.88 Å². The molecule has 214 valence electrons. The van der Waals surface area contributed by atoms with Gasteiger partial charge >= 0.3 is 6.18 Å². The molecular weight excluding hydrogens is 541 g/mol. The average molecular weight is 573 g/mol. The van der Waals surface area contributed by atoms with Crippen molar-refractivity contribution >= 4 is 33.1 Å². The lowest BCUT2D eigenvalue weighted by Crippen LogP contribution is -2.36. The average Bonchev–Trinajstić information content (AvgIpc) is 3.60. The third-order valence-corrected chi connectivity index (χ3v) is 8.22. The first-order chi connectivity index (χ1) is 18.3. The number of hydrogen-bond donors (Lipinski definition) is 4. The van der Waals surface area contributed by atoms with E-state index in [0.717, 1.165) is 12.8 Å². The predicted octanol–water partition coefficient (Wildman–Crippen LogP) is 3.06. The molecule has 1 atom stereocenters. The number of sulfonamides is 1. The largest absolute Gasteiger partial charge is 0.474 e. The fourth-order valence-corrected chi connectivity index (χ4v) is 5.34. The number of alkyl halides is 3. The Bertz CT molecular complexity index is 1310. The Kier molecular flexibility index (Phi) is 8.28. The fraction of sp³-hybridized carbons (Fsp3) is 0.520. The number of carbonyl (C=O) groups excluding carboxylic acids is 1. The number of nitrogens with one attached hydrogen (secondary N) is 2. The van der Waals surface area contributed by atoms with E-state index in [2.05, 4.69) is 15.0 Å². The lowest BCUT2D eigenvalue weighted by molar-refractivity contribution is -0.210. The lowest BCUT2D eigenvalue weighted by Gasteiger charge is -2.35. The highest BCUT2D eigenvalue weighted by Crippen LogP contribution is 2.54. The van der Waals surface area contributed by atoms with Crippen LogP contribution < -0.4 is 19.7 Å². The van der Waals surface area contributed by atoms with Gasteiger partial charge in [-0.1, -0.05) is 0 Å². The van der Waals surface area contributed by atoms with E-state index in [0.29, 0.717) is 29.8 Å². The van der Waals surface area contributed by atoms with Gasteiger partial charge in [-0.25, -0.2) is 8.42 Å². The van der Waals surface area contributed by atoms with Crippen molar-refractivity contribution in [3.63, 3.8) is 0 Å². The molecule has 0 radical (unpaired) electrons. The molecule has 39 heavy (non-hydrogen) atoms. The number of halogens is 3. The Balaban J connectivity index is 1.56. The van der Waals surface area contributed by atoms with Gasteiger partial charge in [0.25, 0.3) is 5.91 Å². The second kappa shape index (κ2) is 11.2. The SMILES string of the molecule is Cc1cc(NC(=O)c2ccc(NS(=O)(=O)CCO)cc2N2CCC3(CC2)CC3)nc(OCC(O)C(F)(F)F)c1. The zero-order valence-corrected chi connectivity index (χ0v) is 22.1. The number of pyridine rings is 1. The predicted molar refractivity (Wildman–Crippen MR) is 139 cm³/mol. The fourth-order valence-electron chi connectivity index (χ4n) is 4.51. The summed E-state index contributed by atoms with van der Waals surface area (Å²) in [6.07, 6.45) is -3.26. The van der Waals surface area contributed by atoms with Crippen molar-refractivity contribution in [2.24, 2.45) is 5.41 Å². The van der Waals surface area contributed by atoms with Crippen LogP contribution in [0.4, 0.5) is 30.4 Å². The van der Waals surface area contributed by atoms with Crippen LogP contribution in [0.2, 0.25) is 0 Å². The van der Waals surface area contributed by atoms with Crippen molar-refractivity contribution < 1.29 is 41.3 Å². The number of benzene rings is 1. The molecule has 14 heteroatoms. The maximum Gasteiger partial charge on any atom is 0.417 e. The van der Waals surface area contributed by atoms with Crippen LogP contribution in [-0.4, -0.2) is 73.9 Å². The number of ether oxygens (including phenoxy) is 1. The van der Waals surface area contributed by atoms with Gasteiger partial charge in [0.05, 0.1) is 29.3 Å². The Morgan fingerprint density at radius 2 is 1.87 bits per heavy atom. The Labute approximate surface area is 224 Å². The van der Waals surface area contributed by atoms with Crippen LogP contribution in [0.1, 0.15) is 41.6 Å². The molecule has 1 aromatic heterocycles. The number of hydrogen-bond acceptors (Lipinski definition) is 8. The van der Waals surface area contributed by atoms with E-state index in [-0.39, 0.29) is 22.9 Å². The van der Waals surface area contributed by atoms with Gasteiger partial charge in [-0.05, 0) is 67.9 Å². The molecule has 10 nitrogen and oxygen atoms in total. The van der Waals surface area contributed by atoms with Crippen molar-refractivity contribution in [1.29, 1.82) is 0 Å². The quantitative estimate of drug-likeness (QED) is 0.341. The molecule has 1 aromatic carbocycles. The number of piperidine rings is 1. The summed E-state index contributed by atoms with van der Waals surface area (Å²) in [5.74, 6) is -1.19. The maximum atomic E-state index is 13.4. The van der Waals surface area contributed by atoms with Crippen LogP contribution in [0.25, 0.3) is 0 Å². The second-order valence-electron chi connectivity index (χ2n) is 10.1. The topological polar surface area (TPSA) is 141 Å². The zero-order valence-electron chi connectivity index (χ0n) is 21.3. The van der Waals surface area contributed by atoms with Gasteiger partial charge in [0.1, 0.15) is 12.4 Å². The smallest absolute Gasteiger partial charge is 0.417 e. The molecule has 1 aliphatic heterocycles. The van der Waals surface area contributed by atoms with E-state index in [1.807, 2.05) is 4.90 Å². The Morgan fingerprint density at radius 3 is 2.49 bits per heavy atom. The van der Waals surface area contributed by atoms with E-state index in [4.69, 9.17) is 9.84 Å². The van der Waals surface area contributed by atoms with Crippen molar-refractivity contribution in [3.05, 3.63) is 41.5 Å². The zero-order chi connectivity index (χ0) is 28.4. The Morgan fingerprint density at radius 1 is 1.18 bits per heavy atom. The van der Waals surface area contributed by atoms with E-state index in [1.165, 1.54) is 37.1 Å². The third-order valence-electron chi connectivity index (χ3n) is 6.95. The number of aliphatic hydroxyl groups is 2. The molecule has 4 rings (SSSR count). The standard InChI is InChI=1S/C25H31F3N4O6S/c1-16-12-21(29-22(13-16)38-15-20(34)25(26,27)28)30-23(35)18-3-2-17(31-39(36,37)11-10-33)14-19(18)32-8-6-24(4-5-24)7-9-32/h2-3,12-14,20,31,33-34H,4-11,15H2,1H3,(H,29,30,35). The minimum absolute atomic E-state index is 0.0331. The van der Waals surface area contributed by atoms with Gasteiger partial charge in [-0.2, -0.15) is 18.2 Å². The summed E-state index contributed by atoms with van der Waals surface area (Å²) >= 11 is 0. The Hall–Kier alpha value is -3.10. The molecule has 1 spiro atoms. The molecule has 2 aromatic rings. The van der Waals surface area contributed by atoms with E-state index in [9.17, 15) is 31.5 Å². The number of nitrogens with zero attached hydrogens (tertiary/aromatic N) is 2. The summed E-state index contributed by atoms with van der Waals surface area (Å²) in [5.41, 5.74) is 1.93. The second-order valence-corrected chi connectivity index (χ2v) is 11.9. The van der Waals surface area contributed by atoms with Crippen LogP contribution in [0.3, 0.4) is 0 Å². The van der Waals surface area contributed by atoms with Gasteiger partial charge in [-0.3, -0.25) is 9.52 Å². The van der Waals surface area contributed by atoms with Gasteiger partial charge in [0, 0.05) is 19.2 Å². The molecular formula is C25H31F3N4O6S. The molecule has 1 saturated heterocycles. The molecule has 1 amide bonds. The molecule has 0 bridgehead atoms. The van der Waals surface area contributed by atoms with Crippen molar-refractivity contribution in [3.8, 4) is 5.88 Å². The molecule has 1 saturated carbocycles. The number of anilines is 3.